The number of benzene rings is 2. The number of piperazine rings is 1. The van der Waals surface area contributed by atoms with Crippen LogP contribution in [0.2, 0.25) is 0 Å². The lowest BCUT2D eigenvalue weighted by molar-refractivity contribution is 0.0746. The van der Waals surface area contributed by atoms with Gasteiger partial charge >= 0.3 is 0 Å². The van der Waals surface area contributed by atoms with E-state index in [1.54, 1.807) is 7.11 Å². The summed E-state index contributed by atoms with van der Waals surface area (Å²) in [7, 11) is 1.68. The zero-order valence-corrected chi connectivity index (χ0v) is 22.1. The molecule has 2 aromatic carbocycles. The molecule has 6 nitrogen and oxygen atoms in total. The molecule has 0 atom stereocenters. The molecule has 2 heterocycles. The van der Waals surface area contributed by atoms with Crippen molar-refractivity contribution in [1.82, 2.24) is 14.9 Å². The molecule has 1 amide bonds. The van der Waals surface area contributed by atoms with Crippen LogP contribution >= 0.6 is 0 Å². The van der Waals surface area contributed by atoms with E-state index in [1.807, 2.05) is 36.1 Å². The van der Waals surface area contributed by atoms with Gasteiger partial charge in [-0.05, 0) is 61.6 Å². The summed E-state index contributed by atoms with van der Waals surface area (Å²) >= 11 is 0. The average Bonchev–Trinajstić information content (AvgIpc) is 2.93. The van der Waals surface area contributed by atoms with Gasteiger partial charge in [-0.15, -0.1) is 0 Å². The predicted molar refractivity (Wildman–Crippen MR) is 145 cm³/mol. The van der Waals surface area contributed by atoms with Gasteiger partial charge in [-0.2, -0.15) is 0 Å². The molecule has 0 radical (unpaired) electrons. The first-order chi connectivity index (χ1) is 17.5. The molecule has 1 fully saturated rings. The van der Waals surface area contributed by atoms with E-state index in [4.69, 9.17) is 14.7 Å². The molecule has 0 spiro atoms. The molecule has 6 heteroatoms. The summed E-state index contributed by atoms with van der Waals surface area (Å²) in [6.45, 7) is 9.19. The van der Waals surface area contributed by atoms with Gasteiger partial charge in [-0.3, -0.25) is 4.79 Å². The van der Waals surface area contributed by atoms with E-state index < -0.39 is 0 Å². The molecule has 4 rings (SSSR count). The summed E-state index contributed by atoms with van der Waals surface area (Å²) in [5, 5.41) is 0. The zero-order chi connectivity index (χ0) is 25.5. The maximum atomic E-state index is 13.2. The lowest BCUT2D eigenvalue weighted by atomic mass is 10.0. The Labute approximate surface area is 215 Å². The topological polar surface area (TPSA) is 58.6 Å². The molecule has 1 aliphatic rings. The number of unbranched alkanes of at least 4 members (excludes halogenated alkanes) is 1. The number of ether oxygens (including phenoxy) is 1. The molecule has 1 aromatic heterocycles. The summed E-state index contributed by atoms with van der Waals surface area (Å²) in [5.74, 6) is 2.76. The first-order valence-electron chi connectivity index (χ1n) is 13.1. The minimum Gasteiger partial charge on any atom is -0.497 e. The van der Waals surface area contributed by atoms with Crippen molar-refractivity contribution < 1.29 is 9.53 Å². The number of carbonyl (C=O) groups excluding carboxylic acids is 1. The van der Waals surface area contributed by atoms with Crippen molar-refractivity contribution in [3.05, 3.63) is 82.3 Å². The Morgan fingerprint density at radius 3 is 2.19 bits per heavy atom. The van der Waals surface area contributed by atoms with Crippen LogP contribution in [-0.2, 0) is 19.3 Å². The van der Waals surface area contributed by atoms with Gasteiger partial charge in [0, 0.05) is 49.4 Å². The molecule has 3 aromatic rings. The summed E-state index contributed by atoms with van der Waals surface area (Å²) in [5.41, 5.74) is 5.55. The second-order valence-corrected chi connectivity index (χ2v) is 9.48. The van der Waals surface area contributed by atoms with Gasteiger partial charge in [0.2, 0.25) is 0 Å². The average molecular weight is 487 g/mol. The van der Waals surface area contributed by atoms with E-state index >= 15 is 0 Å². The van der Waals surface area contributed by atoms with Crippen LogP contribution in [0.1, 0.15) is 65.3 Å². The SMILES string of the molecule is CCCCc1ccc(C(=O)N2CCN(c3nc(C)nc(CC)c3Cc3ccc(OC)cc3)CC2)cc1. The third-order valence-corrected chi connectivity index (χ3v) is 6.94. The summed E-state index contributed by atoms with van der Waals surface area (Å²) < 4.78 is 5.32. The quantitative estimate of drug-likeness (QED) is 0.413. The smallest absolute Gasteiger partial charge is 0.253 e. The van der Waals surface area contributed by atoms with Crippen LogP contribution in [0.4, 0.5) is 5.82 Å². The largest absolute Gasteiger partial charge is 0.497 e. The summed E-state index contributed by atoms with van der Waals surface area (Å²) in [4.78, 5) is 27.1. The molecular formula is C30H38N4O2. The monoisotopic (exact) mass is 486 g/mol. The number of amides is 1. The molecule has 190 valence electrons. The van der Waals surface area contributed by atoms with Crippen molar-refractivity contribution in [2.24, 2.45) is 0 Å². The Hall–Kier alpha value is -3.41. The highest BCUT2D eigenvalue weighted by Gasteiger charge is 2.26. The van der Waals surface area contributed by atoms with Gasteiger partial charge in [0.1, 0.15) is 17.4 Å². The summed E-state index contributed by atoms with van der Waals surface area (Å²) in [6, 6.07) is 16.4. The van der Waals surface area contributed by atoms with E-state index in [9.17, 15) is 4.79 Å². The van der Waals surface area contributed by atoms with Gasteiger partial charge in [0.25, 0.3) is 5.91 Å². The molecule has 0 saturated carbocycles. The number of methoxy groups -OCH3 is 1. The number of rotatable bonds is 9. The predicted octanol–water partition coefficient (Wildman–Crippen LogP) is 5.25. The number of hydrogen-bond donors (Lipinski definition) is 0. The van der Waals surface area contributed by atoms with Crippen LogP contribution in [0.15, 0.2) is 48.5 Å². The van der Waals surface area contributed by atoms with Gasteiger partial charge in [0.05, 0.1) is 7.11 Å². The van der Waals surface area contributed by atoms with Crippen molar-refractivity contribution in [2.45, 2.75) is 52.9 Å². The fraction of sp³-hybridized carbons (Fsp3) is 0.433. The van der Waals surface area contributed by atoms with E-state index in [2.05, 4.69) is 43.0 Å². The van der Waals surface area contributed by atoms with Crippen molar-refractivity contribution >= 4 is 11.7 Å². The highest BCUT2D eigenvalue weighted by atomic mass is 16.5. The minimum atomic E-state index is 0.114. The first-order valence-corrected chi connectivity index (χ1v) is 13.1. The van der Waals surface area contributed by atoms with E-state index in [0.717, 1.165) is 61.0 Å². The number of carbonyl (C=O) groups is 1. The van der Waals surface area contributed by atoms with E-state index in [0.29, 0.717) is 13.1 Å². The van der Waals surface area contributed by atoms with Crippen LogP contribution in [-0.4, -0.2) is 54.1 Å². The third-order valence-electron chi connectivity index (χ3n) is 6.94. The number of anilines is 1. The molecule has 1 saturated heterocycles. The molecule has 0 N–H and O–H groups in total. The van der Waals surface area contributed by atoms with Crippen LogP contribution < -0.4 is 9.64 Å². The molecule has 1 aliphatic heterocycles. The Kier molecular flexibility index (Phi) is 8.57. The Morgan fingerprint density at radius 2 is 1.58 bits per heavy atom. The molecular weight excluding hydrogens is 448 g/mol. The highest BCUT2D eigenvalue weighted by molar-refractivity contribution is 5.94. The number of aryl methyl sites for hydroxylation is 3. The van der Waals surface area contributed by atoms with Gasteiger partial charge in [0.15, 0.2) is 0 Å². The maximum absolute atomic E-state index is 13.2. The first kappa shape index (κ1) is 25.7. The standard InChI is InChI=1S/C30H38N4O2/c1-5-7-8-23-9-13-25(14-10-23)30(35)34-19-17-33(18-20-34)29-27(28(6-2)31-22(3)32-29)21-24-11-15-26(36-4)16-12-24/h9-16H,5-8,17-21H2,1-4H3. The Balaban J connectivity index is 1.48. The van der Waals surface area contributed by atoms with Crippen LogP contribution in [0, 0.1) is 6.92 Å². The lowest BCUT2D eigenvalue weighted by Crippen LogP contribution is -2.49. The number of nitrogens with zero attached hydrogens (tertiary/aromatic N) is 4. The Bertz CT molecular complexity index is 1150. The molecule has 0 bridgehead atoms. The van der Waals surface area contributed by atoms with Crippen molar-refractivity contribution in [3.63, 3.8) is 0 Å². The second kappa shape index (κ2) is 12.0. The van der Waals surface area contributed by atoms with Crippen LogP contribution in [0.25, 0.3) is 0 Å². The lowest BCUT2D eigenvalue weighted by Gasteiger charge is -2.36. The number of aromatic nitrogens is 2. The van der Waals surface area contributed by atoms with Gasteiger partial charge < -0.3 is 14.5 Å². The fourth-order valence-corrected chi connectivity index (χ4v) is 4.82. The second-order valence-electron chi connectivity index (χ2n) is 9.48. The molecule has 36 heavy (non-hydrogen) atoms. The molecule has 0 aliphatic carbocycles. The van der Waals surface area contributed by atoms with Gasteiger partial charge in [-0.1, -0.05) is 44.5 Å². The van der Waals surface area contributed by atoms with Crippen molar-refractivity contribution in [2.75, 3.05) is 38.2 Å². The highest BCUT2D eigenvalue weighted by Crippen LogP contribution is 2.27. The van der Waals surface area contributed by atoms with Crippen molar-refractivity contribution in [3.8, 4) is 5.75 Å². The van der Waals surface area contributed by atoms with Crippen LogP contribution in [0.3, 0.4) is 0 Å². The van der Waals surface area contributed by atoms with Crippen molar-refractivity contribution in [1.29, 1.82) is 0 Å². The fourth-order valence-electron chi connectivity index (χ4n) is 4.82. The Morgan fingerprint density at radius 1 is 0.917 bits per heavy atom. The van der Waals surface area contributed by atoms with E-state index in [1.165, 1.54) is 29.5 Å². The minimum absolute atomic E-state index is 0.114. The normalized spacial score (nSPS) is 13.7. The summed E-state index contributed by atoms with van der Waals surface area (Å²) in [6.07, 6.45) is 5.05. The zero-order valence-electron chi connectivity index (χ0n) is 22.1. The third kappa shape index (κ3) is 6.04. The van der Waals surface area contributed by atoms with Crippen LogP contribution in [0.5, 0.6) is 5.75 Å². The van der Waals surface area contributed by atoms with E-state index in [-0.39, 0.29) is 5.91 Å². The maximum Gasteiger partial charge on any atom is 0.253 e. The molecule has 0 unspecified atom stereocenters. The van der Waals surface area contributed by atoms with Gasteiger partial charge in [-0.25, -0.2) is 9.97 Å². The number of hydrogen-bond acceptors (Lipinski definition) is 5.